The van der Waals surface area contributed by atoms with Gasteiger partial charge in [-0.3, -0.25) is 0 Å². The van der Waals surface area contributed by atoms with Crippen LogP contribution in [0, 0.1) is 0 Å². The highest BCUT2D eigenvalue weighted by Crippen LogP contribution is 2.38. The summed E-state index contributed by atoms with van der Waals surface area (Å²) in [5.41, 5.74) is 0.914. The lowest BCUT2D eigenvalue weighted by atomic mass is 10.2. The maximum Gasteiger partial charge on any atom is 0.157 e. The van der Waals surface area contributed by atoms with E-state index >= 15 is 0 Å². The van der Waals surface area contributed by atoms with Crippen LogP contribution in [0.4, 0.5) is 0 Å². The molecule has 0 radical (unpaired) electrons. The van der Waals surface area contributed by atoms with E-state index in [0.717, 1.165) is 5.52 Å². The maximum atomic E-state index is 9.71. The molecule has 2 rings (SSSR count). The van der Waals surface area contributed by atoms with E-state index in [1.165, 1.54) is 0 Å². The van der Waals surface area contributed by atoms with Crippen molar-refractivity contribution >= 4 is 38.4 Å². The molecule has 0 aliphatic carbocycles. The van der Waals surface area contributed by atoms with Gasteiger partial charge in [0.25, 0.3) is 0 Å². The summed E-state index contributed by atoms with van der Waals surface area (Å²) in [6.07, 6.45) is 0. The SMILES string of the molecule is Cn1c(Br)c(O)c2c(Cl)cccc21. The monoisotopic (exact) mass is 259 g/mol. The molecule has 0 bridgehead atoms. The lowest BCUT2D eigenvalue weighted by molar-refractivity contribution is 0.475. The van der Waals surface area contributed by atoms with Crippen LogP contribution in [0.15, 0.2) is 22.8 Å². The third kappa shape index (κ3) is 1.15. The molecular formula is C9H7BrClNO. The molecule has 2 nitrogen and oxygen atoms in total. The first-order chi connectivity index (χ1) is 6.13. The molecule has 1 N–H and O–H groups in total. The molecule has 0 unspecified atom stereocenters. The number of halogens is 2. The van der Waals surface area contributed by atoms with Crippen LogP contribution in [-0.4, -0.2) is 9.67 Å². The fraction of sp³-hybridized carbons (Fsp3) is 0.111. The molecule has 0 aliphatic rings. The molecule has 0 spiro atoms. The molecule has 1 heterocycles. The summed E-state index contributed by atoms with van der Waals surface area (Å²) in [4.78, 5) is 0. The van der Waals surface area contributed by atoms with E-state index in [4.69, 9.17) is 11.6 Å². The highest BCUT2D eigenvalue weighted by molar-refractivity contribution is 9.10. The largest absolute Gasteiger partial charge is 0.504 e. The van der Waals surface area contributed by atoms with Gasteiger partial charge in [0.15, 0.2) is 5.75 Å². The minimum Gasteiger partial charge on any atom is -0.504 e. The Morgan fingerprint density at radius 2 is 2.15 bits per heavy atom. The average Bonchev–Trinajstić information content (AvgIpc) is 2.33. The molecular weight excluding hydrogens is 253 g/mol. The van der Waals surface area contributed by atoms with E-state index in [9.17, 15) is 5.11 Å². The van der Waals surface area contributed by atoms with Gasteiger partial charge < -0.3 is 9.67 Å². The van der Waals surface area contributed by atoms with Crippen LogP contribution in [0.2, 0.25) is 5.02 Å². The van der Waals surface area contributed by atoms with Crippen molar-refractivity contribution < 1.29 is 5.11 Å². The minimum absolute atomic E-state index is 0.197. The van der Waals surface area contributed by atoms with Gasteiger partial charge in [-0.25, -0.2) is 0 Å². The zero-order chi connectivity index (χ0) is 9.59. The van der Waals surface area contributed by atoms with Crippen molar-refractivity contribution in [2.24, 2.45) is 7.05 Å². The number of benzene rings is 1. The Bertz CT molecular complexity index is 478. The maximum absolute atomic E-state index is 9.71. The van der Waals surface area contributed by atoms with Gasteiger partial charge in [0.1, 0.15) is 4.60 Å². The van der Waals surface area contributed by atoms with Crippen molar-refractivity contribution in [3.05, 3.63) is 27.8 Å². The van der Waals surface area contributed by atoms with Gasteiger partial charge in [-0.1, -0.05) is 17.7 Å². The van der Waals surface area contributed by atoms with Crippen molar-refractivity contribution in [3.8, 4) is 5.75 Å². The van der Waals surface area contributed by atoms with Crippen molar-refractivity contribution in [1.82, 2.24) is 4.57 Å². The van der Waals surface area contributed by atoms with Crippen LogP contribution in [0.25, 0.3) is 10.9 Å². The van der Waals surface area contributed by atoms with Crippen LogP contribution in [-0.2, 0) is 7.05 Å². The summed E-state index contributed by atoms with van der Waals surface area (Å²) in [5.74, 6) is 0.197. The van der Waals surface area contributed by atoms with Crippen molar-refractivity contribution in [2.45, 2.75) is 0 Å². The fourth-order valence-corrected chi connectivity index (χ4v) is 2.04. The summed E-state index contributed by atoms with van der Waals surface area (Å²) in [6.45, 7) is 0. The lowest BCUT2D eigenvalue weighted by Crippen LogP contribution is -1.85. The number of aromatic nitrogens is 1. The van der Waals surface area contributed by atoms with Gasteiger partial charge in [0, 0.05) is 7.05 Å². The van der Waals surface area contributed by atoms with E-state index < -0.39 is 0 Å². The third-order valence-corrected chi connectivity index (χ3v) is 3.30. The zero-order valence-corrected chi connectivity index (χ0v) is 9.22. The fourth-order valence-electron chi connectivity index (χ4n) is 1.39. The highest BCUT2D eigenvalue weighted by Gasteiger charge is 2.13. The van der Waals surface area contributed by atoms with E-state index in [0.29, 0.717) is 15.0 Å². The van der Waals surface area contributed by atoms with E-state index in [-0.39, 0.29) is 5.75 Å². The molecule has 2 aromatic rings. The van der Waals surface area contributed by atoms with Crippen LogP contribution >= 0.6 is 27.5 Å². The van der Waals surface area contributed by atoms with Crippen molar-refractivity contribution in [3.63, 3.8) is 0 Å². The molecule has 0 aliphatic heterocycles. The first kappa shape index (κ1) is 8.91. The van der Waals surface area contributed by atoms with Crippen LogP contribution < -0.4 is 0 Å². The Hall–Kier alpha value is -0.670. The number of hydrogen-bond acceptors (Lipinski definition) is 1. The second-order valence-corrected chi connectivity index (χ2v) is 3.99. The molecule has 0 fully saturated rings. The number of fused-ring (bicyclic) bond motifs is 1. The zero-order valence-electron chi connectivity index (χ0n) is 6.88. The summed E-state index contributed by atoms with van der Waals surface area (Å²) < 4.78 is 2.49. The van der Waals surface area contributed by atoms with E-state index in [1.807, 2.05) is 23.7 Å². The van der Waals surface area contributed by atoms with Gasteiger partial charge in [-0.2, -0.15) is 0 Å². The van der Waals surface area contributed by atoms with Crippen LogP contribution in [0.1, 0.15) is 0 Å². The summed E-state index contributed by atoms with van der Waals surface area (Å²) in [7, 11) is 1.86. The molecule has 1 aromatic heterocycles. The smallest absolute Gasteiger partial charge is 0.157 e. The number of hydrogen-bond donors (Lipinski definition) is 1. The minimum atomic E-state index is 0.197. The van der Waals surface area contributed by atoms with Gasteiger partial charge in [-0.15, -0.1) is 0 Å². The first-order valence-electron chi connectivity index (χ1n) is 3.74. The van der Waals surface area contributed by atoms with Gasteiger partial charge in [0.2, 0.25) is 0 Å². The molecule has 0 amide bonds. The average molecular weight is 261 g/mol. The number of aromatic hydroxyl groups is 1. The second kappa shape index (κ2) is 2.93. The summed E-state index contributed by atoms with van der Waals surface area (Å²) >= 11 is 9.23. The van der Waals surface area contributed by atoms with Crippen molar-refractivity contribution in [1.29, 1.82) is 0 Å². The number of nitrogens with zero attached hydrogens (tertiary/aromatic N) is 1. The second-order valence-electron chi connectivity index (χ2n) is 2.83. The topological polar surface area (TPSA) is 25.2 Å². The Kier molecular flexibility index (Phi) is 2.00. The molecule has 0 atom stereocenters. The van der Waals surface area contributed by atoms with Gasteiger partial charge in [-0.05, 0) is 28.1 Å². The Morgan fingerprint density at radius 1 is 1.46 bits per heavy atom. The first-order valence-corrected chi connectivity index (χ1v) is 4.91. The quantitative estimate of drug-likeness (QED) is 0.772. The van der Waals surface area contributed by atoms with Gasteiger partial charge in [0.05, 0.1) is 15.9 Å². The number of aryl methyl sites for hydroxylation is 1. The summed E-state index contributed by atoms with van der Waals surface area (Å²) in [5, 5.41) is 11.0. The van der Waals surface area contributed by atoms with Crippen molar-refractivity contribution in [2.75, 3.05) is 0 Å². The van der Waals surface area contributed by atoms with E-state index in [2.05, 4.69) is 15.9 Å². The Morgan fingerprint density at radius 3 is 2.77 bits per heavy atom. The normalized spacial score (nSPS) is 11.0. The molecule has 13 heavy (non-hydrogen) atoms. The Balaban J connectivity index is 3.03. The molecule has 4 heteroatoms. The summed E-state index contributed by atoms with van der Waals surface area (Å²) in [6, 6.07) is 5.53. The third-order valence-electron chi connectivity index (χ3n) is 2.08. The highest BCUT2D eigenvalue weighted by atomic mass is 79.9. The van der Waals surface area contributed by atoms with Crippen LogP contribution in [0.5, 0.6) is 5.75 Å². The molecule has 0 saturated heterocycles. The predicted molar refractivity (Wildman–Crippen MR) is 57.3 cm³/mol. The Labute approximate surface area is 88.9 Å². The molecule has 1 aromatic carbocycles. The standard InChI is InChI=1S/C9H7BrClNO/c1-12-6-4-2-3-5(11)7(6)8(13)9(12)10/h2-4,13H,1H3. The van der Waals surface area contributed by atoms with Gasteiger partial charge >= 0.3 is 0 Å². The van der Waals surface area contributed by atoms with Crippen LogP contribution in [0.3, 0.4) is 0 Å². The number of rotatable bonds is 0. The van der Waals surface area contributed by atoms with E-state index in [1.54, 1.807) is 6.07 Å². The molecule has 68 valence electrons. The lowest BCUT2D eigenvalue weighted by Gasteiger charge is -1.96. The predicted octanol–water partition coefficient (Wildman–Crippen LogP) is 3.30. The molecule has 0 saturated carbocycles.